The Hall–Kier alpha value is -2.92. The molecule has 158 valence electrons. The molecule has 5 nitrogen and oxygen atoms in total. The highest BCUT2D eigenvalue weighted by molar-refractivity contribution is 6.05. The van der Waals surface area contributed by atoms with Crippen LogP contribution in [0.3, 0.4) is 0 Å². The number of nitrogens with zero attached hydrogens (tertiary/aromatic N) is 1. The number of phenolic OH excluding ortho intramolecular Hbond substituents is 2. The third-order valence-electron chi connectivity index (χ3n) is 6.55. The van der Waals surface area contributed by atoms with Crippen LogP contribution < -0.4 is 9.47 Å². The van der Waals surface area contributed by atoms with Crippen molar-refractivity contribution in [2.45, 2.75) is 39.3 Å². The molecule has 4 rings (SSSR count). The zero-order valence-electron chi connectivity index (χ0n) is 18.4. The van der Waals surface area contributed by atoms with Gasteiger partial charge in [0, 0.05) is 29.3 Å². The maximum Gasteiger partial charge on any atom is 0.130 e. The van der Waals surface area contributed by atoms with Crippen LogP contribution in [0, 0.1) is 6.92 Å². The van der Waals surface area contributed by atoms with E-state index in [-0.39, 0.29) is 23.6 Å². The molecule has 0 aromatic heterocycles. The van der Waals surface area contributed by atoms with Crippen molar-refractivity contribution in [1.29, 1.82) is 0 Å². The number of likely N-dealkylation sites (N-methyl/N-ethyl adjacent to an activating group) is 1. The second-order valence-corrected chi connectivity index (χ2v) is 8.28. The fourth-order valence-corrected chi connectivity index (χ4v) is 4.83. The molecule has 2 atom stereocenters. The highest BCUT2D eigenvalue weighted by atomic mass is 16.5. The highest BCUT2D eigenvalue weighted by Crippen LogP contribution is 2.49. The van der Waals surface area contributed by atoms with Crippen LogP contribution in [0.4, 0.5) is 0 Å². The second kappa shape index (κ2) is 7.40. The van der Waals surface area contributed by atoms with Gasteiger partial charge in [-0.1, -0.05) is 6.07 Å². The Bertz CT molecular complexity index is 1140. The van der Waals surface area contributed by atoms with E-state index in [4.69, 9.17) is 9.47 Å². The summed E-state index contributed by atoms with van der Waals surface area (Å²) in [5.74, 6) is 1.68. The van der Waals surface area contributed by atoms with E-state index in [9.17, 15) is 10.2 Å². The van der Waals surface area contributed by atoms with Gasteiger partial charge in [-0.15, -0.1) is 0 Å². The fraction of sp³-hybridized carbons (Fsp3) is 0.360. The Balaban J connectivity index is 2.11. The van der Waals surface area contributed by atoms with E-state index in [1.165, 1.54) is 6.07 Å². The van der Waals surface area contributed by atoms with E-state index in [1.54, 1.807) is 14.2 Å². The lowest BCUT2D eigenvalue weighted by Gasteiger charge is -2.39. The number of benzene rings is 3. The van der Waals surface area contributed by atoms with Crippen LogP contribution in [0.15, 0.2) is 30.3 Å². The molecule has 3 aromatic carbocycles. The van der Waals surface area contributed by atoms with E-state index < -0.39 is 0 Å². The molecule has 1 heterocycles. The zero-order valence-corrected chi connectivity index (χ0v) is 18.4. The van der Waals surface area contributed by atoms with E-state index in [1.807, 2.05) is 25.1 Å². The Labute approximate surface area is 177 Å². The molecule has 1 aliphatic heterocycles. The van der Waals surface area contributed by atoms with Crippen LogP contribution in [0.2, 0.25) is 0 Å². The van der Waals surface area contributed by atoms with Crippen molar-refractivity contribution >= 4 is 10.8 Å². The van der Waals surface area contributed by atoms with Gasteiger partial charge in [0.15, 0.2) is 0 Å². The van der Waals surface area contributed by atoms with Crippen LogP contribution >= 0.6 is 0 Å². The molecule has 0 radical (unpaired) electrons. The molecule has 5 heteroatoms. The summed E-state index contributed by atoms with van der Waals surface area (Å²) < 4.78 is 11.3. The fourth-order valence-electron chi connectivity index (χ4n) is 4.83. The van der Waals surface area contributed by atoms with Gasteiger partial charge in [-0.25, -0.2) is 0 Å². The van der Waals surface area contributed by atoms with Crippen molar-refractivity contribution in [3.8, 4) is 34.1 Å². The molecule has 0 spiro atoms. The topological polar surface area (TPSA) is 62.2 Å². The number of fused-ring (bicyclic) bond motifs is 2. The van der Waals surface area contributed by atoms with Crippen molar-refractivity contribution in [1.82, 2.24) is 4.90 Å². The molecule has 2 N–H and O–H groups in total. The van der Waals surface area contributed by atoms with E-state index in [0.717, 1.165) is 56.5 Å². The molecule has 2 unspecified atom stereocenters. The Morgan fingerprint density at radius 1 is 0.967 bits per heavy atom. The lowest BCUT2D eigenvalue weighted by Crippen LogP contribution is -2.38. The number of aromatic hydroxyl groups is 2. The maximum atomic E-state index is 11.0. The first-order chi connectivity index (χ1) is 14.3. The zero-order chi connectivity index (χ0) is 21.7. The summed E-state index contributed by atoms with van der Waals surface area (Å²) in [5, 5.41) is 23.5. The van der Waals surface area contributed by atoms with Crippen molar-refractivity contribution < 1.29 is 19.7 Å². The molecule has 30 heavy (non-hydrogen) atoms. The average Bonchev–Trinajstić information content (AvgIpc) is 2.71. The normalized spacial score (nSPS) is 19.0. The Kier molecular flexibility index (Phi) is 5.02. The molecule has 0 aliphatic carbocycles. The van der Waals surface area contributed by atoms with Gasteiger partial charge in [-0.05, 0) is 74.5 Å². The van der Waals surface area contributed by atoms with Crippen molar-refractivity contribution in [3.63, 3.8) is 0 Å². The smallest absolute Gasteiger partial charge is 0.130 e. The molecule has 0 saturated carbocycles. The molecular weight excluding hydrogens is 378 g/mol. The van der Waals surface area contributed by atoms with Gasteiger partial charge in [0.05, 0.1) is 19.6 Å². The van der Waals surface area contributed by atoms with Gasteiger partial charge < -0.3 is 19.7 Å². The molecule has 3 aromatic rings. The van der Waals surface area contributed by atoms with Crippen LogP contribution in [0.25, 0.3) is 21.9 Å². The van der Waals surface area contributed by atoms with Gasteiger partial charge in [-0.3, -0.25) is 4.90 Å². The monoisotopic (exact) mass is 407 g/mol. The Morgan fingerprint density at radius 3 is 2.33 bits per heavy atom. The summed E-state index contributed by atoms with van der Waals surface area (Å²) in [6, 6.07) is 9.78. The lowest BCUT2D eigenvalue weighted by molar-refractivity contribution is 0.176. The quantitative estimate of drug-likeness (QED) is 0.626. The van der Waals surface area contributed by atoms with Crippen LogP contribution in [0.1, 0.15) is 36.6 Å². The molecular formula is C25H29NO4. The third-order valence-corrected chi connectivity index (χ3v) is 6.55. The lowest BCUT2D eigenvalue weighted by atomic mass is 9.82. The number of hydrogen-bond donors (Lipinski definition) is 2. The summed E-state index contributed by atoms with van der Waals surface area (Å²) in [6.07, 6.45) is 0.740. The number of hydrogen-bond acceptors (Lipinski definition) is 5. The minimum absolute atomic E-state index is 0.0453. The van der Waals surface area contributed by atoms with Gasteiger partial charge in [0.1, 0.15) is 23.0 Å². The first-order valence-electron chi connectivity index (χ1n) is 10.2. The van der Waals surface area contributed by atoms with Gasteiger partial charge in [-0.2, -0.15) is 0 Å². The first-order valence-corrected chi connectivity index (χ1v) is 10.2. The number of ether oxygens (including phenoxy) is 2. The number of methoxy groups -OCH3 is 2. The van der Waals surface area contributed by atoms with Gasteiger partial charge >= 0.3 is 0 Å². The predicted octanol–water partition coefficient (Wildman–Crippen LogP) is 5.18. The summed E-state index contributed by atoms with van der Waals surface area (Å²) in [7, 11) is 5.37. The van der Waals surface area contributed by atoms with Crippen molar-refractivity contribution in [2.24, 2.45) is 0 Å². The van der Waals surface area contributed by atoms with Gasteiger partial charge in [0.25, 0.3) is 0 Å². The maximum absolute atomic E-state index is 11.0. The summed E-state index contributed by atoms with van der Waals surface area (Å²) in [6.45, 7) is 6.29. The largest absolute Gasteiger partial charge is 0.507 e. The standard InChI is InChI=1S/C25H29NO4/c1-13-9-17-16(7-8-21(29-5)25(17)22(10-13)30-6)24-18-11-14(2)26(4)15(3)23(18)19(27)12-20(24)28/h7-10,12,14-15,27-28H,11H2,1-6H3. The highest BCUT2D eigenvalue weighted by Gasteiger charge is 2.33. The van der Waals surface area contributed by atoms with E-state index >= 15 is 0 Å². The summed E-state index contributed by atoms with van der Waals surface area (Å²) in [4.78, 5) is 2.25. The van der Waals surface area contributed by atoms with Crippen molar-refractivity contribution in [2.75, 3.05) is 21.3 Å². The van der Waals surface area contributed by atoms with E-state index in [2.05, 4.69) is 31.9 Å². The first kappa shape index (κ1) is 20.4. The summed E-state index contributed by atoms with van der Waals surface area (Å²) >= 11 is 0. The van der Waals surface area contributed by atoms with Gasteiger partial charge in [0.2, 0.25) is 0 Å². The second-order valence-electron chi connectivity index (χ2n) is 8.28. The average molecular weight is 408 g/mol. The van der Waals surface area contributed by atoms with E-state index in [0.29, 0.717) is 0 Å². The minimum Gasteiger partial charge on any atom is -0.507 e. The Morgan fingerprint density at radius 2 is 1.67 bits per heavy atom. The van der Waals surface area contributed by atoms with Crippen molar-refractivity contribution in [3.05, 3.63) is 47.0 Å². The number of phenols is 2. The third kappa shape index (κ3) is 2.96. The number of rotatable bonds is 3. The molecule has 0 fully saturated rings. The molecule has 0 bridgehead atoms. The minimum atomic E-state index is 0.0453. The molecule has 1 aliphatic rings. The van der Waals surface area contributed by atoms with Crippen LogP contribution in [0.5, 0.6) is 23.0 Å². The predicted molar refractivity (Wildman–Crippen MR) is 120 cm³/mol. The SMILES string of the molecule is COc1ccc(-c2c(O)cc(O)c3c2CC(C)N(C)C3C)c2cc(C)cc(OC)c12. The number of aryl methyl sites for hydroxylation is 1. The molecule has 0 saturated heterocycles. The van der Waals surface area contributed by atoms with Crippen LogP contribution in [-0.2, 0) is 6.42 Å². The van der Waals surface area contributed by atoms with Crippen LogP contribution in [-0.4, -0.2) is 42.4 Å². The molecule has 0 amide bonds. The summed E-state index contributed by atoms with van der Waals surface area (Å²) in [5.41, 5.74) is 4.62.